The molecule has 0 saturated heterocycles. The summed E-state index contributed by atoms with van der Waals surface area (Å²) in [5, 5.41) is 4.97. The van der Waals surface area contributed by atoms with Crippen molar-refractivity contribution in [3.8, 4) is 11.8 Å². The van der Waals surface area contributed by atoms with Crippen LogP contribution >= 0.6 is 22.7 Å². The molecule has 0 spiro atoms. The van der Waals surface area contributed by atoms with Gasteiger partial charge in [-0.15, -0.1) is 22.7 Å². The van der Waals surface area contributed by atoms with Gasteiger partial charge in [0.05, 0.1) is 18.0 Å². The molecule has 21 heavy (non-hydrogen) atoms. The summed E-state index contributed by atoms with van der Waals surface area (Å²) in [6.45, 7) is 0.918. The Morgan fingerprint density at radius 1 is 1.38 bits per heavy atom. The molecule has 108 valence electrons. The third kappa shape index (κ3) is 3.35. The highest BCUT2D eigenvalue weighted by Gasteiger charge is 2.18. The smallest absolute Gasteiger partial charge is 0.261 e. The summed E-state index contributed by atoms with van der Waals surface area (Å²) in [6.07, 6.45) is 3.47. The van der Waals surface area contributed by atoms with E-state index in [9.17, 15) is 4.79 Å². The summed E-state index contributed by atoms with van der Waals surface area (Å²) in [5.74, 6) is 5.85. The van der Waals surface area contributed by atoms with E-state index in [1.807, 2.05) is 11.4 Å². The van der Waals surface area contributed by atoms with E-state index in [1.165, 1.54) is 16.9 Å². The second-order valence-electron chi connectivity index (χ2n) is 4.90. The maximum atomic E-state index is 12.2. The molecule has 0 fully saturated rings. The Labute approximate surface area is 132 Å². The van der Waals surface area contributed by atoms with E-state index in [2.05, 4.69) is 23.2 Å². The van der Waals surface area contributed by atoms with Crippen molar-refractivity contribution in [3.63, 3.8) is 0 Å². The van der Waals surface area contributed by atoms with Gasteiger partial charge in [-0.1, -0.05) is 11.8 Å². The van der Waals surface area contributed by atoms with Crippen LogP contribution in [0.1, 0.15) is 37.0 Å². The normalized spacial score (nSPS) is 12.6. The van der Waals surface area contributed by atoms with E-state index in [-0.39, 0.29) is 5.91 Å². The summed E-state index contributed by atoms with van der Waals surface area (Å²) in [5.41, 5.74) is 7.67. The van der Waals surface area contributed by atoms with Gasteiger partial charge in [-0.3, -0.25) is 4.79 Å². The van der Waals surface area contributed by atoms with Crippen LogP contribution in [-0.4, -0.2) is 12.5 Å². The van der Waals surface area contributed by atoms with Crippen molar-refractivity contribution in [2.24, 2.45) is 5.73 Å². The van der Waals surface area contributed by atoms with E-state index in [0.29, 0.717) is 13.1 Å². The van der Waals surface area contributed by atoms with E-state index in [4.69, 9.17) is 5.73 Å². The van der Waals surface area contributed by atoms with Crippen LogP contribution in [0.4, 0.5) is 0 Å². The number of carbonyl (C=O) groups is 1. The second kappa shape index (κ2) is 6.44. The first-order valence-corrected chi connectivity index (χ1v) is 8.62. The molecule has 2 aromatic heterocycles. The quantitative estimate of drug-likeness (QED) is 0.855. The number of carbonyl (C=O) groups excluding carboxylic acids is 1. The molecule has 0 aromatic carbocycles. The molecule has 3 nitrogen and oxygen atoms in total. The average molecular weight is 316 g/mol. The lowest BCUT2D eigenvalue weighted by atomic mass is 10.2. The van der Waals surface area contributed by atoms with E-state index < -0.39 is 0 Å². The van der Waals surface area contributed by atoms with Gasteiger partial charge in [-0.25, -0.2) is 0 Å². The summed E-state index contributed by atoms with van der Waals surface area (Å²) in [4.78, 5) is 15.5. The number of hydrogen-bond donors (Lipinski definition) is 2. The topological polar surface area (TPSA) is 55.1 Å². The van der Waals surface area contributed by atoms with Crippen LogP contribution in [0.5, 0.6) is 0 Å². The van der Waals surface area contributed by atoms with Crippen LogP contribution in [0, 0.1) is 11.8 Å². The molecule has 0 aliphatic heterocycles. The van der Waals surface area contributed by atoms with Gasteiger partial charge in [0.2, 0.25) is 0 Å². The fraction of sp³-hybridized carbons (Fsp3) is 0.312. The molecular weight excluding hydrogens is 300 g/mol. The van der Waals surface area contributed by atoms with E-state index in [0.717, 1.165) is 28.2 Å². The van der Waals surface area contributed by atoms with Gasteiger partial charge < -0.3 is 11.1 Å². The molecule has 0 unspecified atom stereocenters. The van der Waals surface area contributed by atoms with Crippen LogP contribution in [0.25, 0.3) is 0 Å². The van der Waals surface area contributed by atoms with Gasteiger partial charge in [0.25, 0.3) is 5.91 Å². The minimum Gasteiger partial charge on any atom is -0.346 e. The van der Waals surface area contributed by atoms with Gasteiger partial charge >= 0.3 is 0 Å². The second-order valence-corrected chi connectivity index (χ2v) is 7.04. The number of aryl methyl sites for hydroxylation is 2. The van der Waals surface area contributed by atoms with Crippen molar-refractivity contribution in [2.45, 2.75) is 25.8 Å². The molecule has 0 saturated carbocycles. The van der Waals surface area contributed by atoms with Gasteiger partial charge in [-0.2, -0.15) is 0 Å². The van der Waals surface area contributed by atoms with Gasteiger partial charge in [0, 0.05) is 20.7 Å². The number of rotatable bonds is 3. The van der Waals surface area contributed by atoms with Crippen LogP contribution < -0.4 is 11.1 Å². The first-order chi connectivity index (χ1) is 10.3. The number of nitrogens with two attached hydrogens (primary N) is 1. The van der Waals surface area contributed by atoms with Crippen molar-refractivity contribution >= 4 is 28.6 Å². The monoisotopic (exact) mass is 316 g/mol. The van der Waals surface area contributed by atoms with Crippen LogP contribution in [0.2, 0.25) is 0 Å². The molecule has 0 atom stereocenters. The maximum absolute atomic E-state index is 12.2. The van der Waals surface area contributed by atoms with Crippen LogP contribution in [0.15, 0.2) is 17.5 Å². The van der Waals surface area contributed by atoms with Gasteiger partial charge in [-0.05, 0) is 37.0 Å². The van der Waals surface area contributed by atoms with Gasteiger partial charge in [0.15, 0.2) is 0 Å². The third-order valence-electron chi connectivity index (χ3n) is 3.38. The SMILES string of the molecule is NCC#Cc1csc(CNC(=O)c2cc3c(s2)CCC3)c1. The molecule has 0 bridgehead atoms. The lowest BCUT2D eigenvalue weighted by Gasteiger charge is -2.01. The molecule has 2 aromatic rings. The van der Waals surface area contributed by atoms with Crippen LogP contribution in [-0.2, 0) is 19.4 Å². The largest absolute Gasteiger partial charge is 0.346 e. The first-order valence-electron chi connectivity index (χ1n) is 6.92. The zero-order valence-corrected chi connectivity index (χ0v) is 13.2. The first kappa shape index (κ1) is 14.3. The van der Waals surface area contributed by atoms with Crippen molar-refractivity contribution < 1.29 is 4.79 Å². The Morgan fingerprint density at radius 2 is 2.29 bits per heavy atom. The minimum absolute atomic E-state index is 0.0254. The predicted molar refractivity (Wildman–Crippen MR) is 87.8 cm³/mol. The summed E-state index contributed by atoms with van der Waals surface area (Å²) in [6, 6.07) is 4.05. The molecular formula is C16H16N2OS2. The van der Waals surface area contributed by atoms with E-state index >= 15 is 0 Å². The van der Waals surface area contributed by atoms with Crippen molar-refractivity contribution in [1.82, 2.24) is 5.32 Å². The van der Waals surface area contributed by atoms with Crippen molar-refractivity contribution in [2.75, 3.05) is 6.54 Å². The Bertz CT molecular complexity index is 697. The lowest BCUT2D eigenvalue weighted by Crippen LogP contribution is -2.21. The molecule has 2 heterocycles. The zero-order valence-electron chi connectivity index (χ0n) is 11.6. The summed E-state index contributed by atoms with van der Waals surface area (Å²) in [7, 11) is 0. The summed E-state index contributed by atoms with van der Waals surface area (Å²) >= 11 is 3.24. The third-order valence-corrected chi connectivity index (χ3v) is 5.55. The predicted octanol–water partition coefficient (Wildman–Crippen LogP) is 2.54. The number of thiophene rings is 2. The van der Waals surface area contributed by atoms with Crippen LogP contribution in [0.3, 0.4) is 0 Å². The van der Waals surface area contributed by atoms with E-state index in [1.54, 1.807) is 22.7 Å². The molecule has 1 aliphatic rings. The Balaban J connectivity index is 1.59. The summed E-state index contributed by atoms with van der Waals surface area (Å²) < 4.78 is 0. The van der Waals surface area contributed by atoms with Crippen molar-refractivity contribution in [3.05, 3.63) is 43.3 Å². The Hall–Kier alpha value is -1.61. The Kier molecular flexibility index (Phi) is 4.39. The fourth-order valence-electron chi connectivity index (χ4n) is 2.39. The average Bonchev–Trinajstić information content (AvgIpc) is 3.17. The zero-order chi connectivity index (χ0) is 14.7. The van der Waals surface area contributed by atoms with Crippen molar-refractivity contribution in [1.29, 1.82) is 0 Å². The maximum Gasteiger partial charge on any atom is 0.261 e. The molecule has 5 heteroatoms. The highest BCUT2D eigenvalue weighted by molar-refractivity contribution is 7.14. The Morgan fingerprint density at radius 3 is 3.10 bits per heavy atom. The van der Waals surface area contributed by atoms with Gasteiger partial charge in [0.1, 0.15) is 0 Å². The highest BCUT2D eigenvalue weighted by atomic mass is 32.1. The molecule has 1 amide bonds. The fourth-order valence-corrected chi connectivity index (χ4v) is 4.31. The number of amides is 1. The lowest BCUT2D eigenvalue weighted by molar-refractivity contribution is 0.0955. The minimum atomic E-state index is 0.0254. The standard InChI is InChI=1S/C16H16N2OS2/c17-6-2-3-11-7-13(20-10-11)9-18-16(19)15-8-12-4-1-5-14(12)21-15/h7-8,10H,1,4-6,9,17H2,(H,18,19). The number of fused-ring (bicyclic) bond motifs is 1. The molecule has 1 aliphatic carbocycles. The highest BCUT2D eigenvalue weighted by Crippen LogP contribution is 2.30. The number of hydrogen-bond acceptors (Lipinski definition) is 4. The number of nitrogens with one attached hydrogen (secondary N) is 1. The molecule has 3 N–H and O–H groups in total. The molecule has 0 radical (unpaired) electrons. The molecule has 3 rings (SSSR count).